The van der Waals surface area contributed by atoms with Crippen molar-refractivity contribution in [3.8, 4) is 22.9 Å². The Morgan fingerprint density at radius 1 is 1.18 bits per heavy atom. The highest BCUT2D eigenvalue weighted by Crippen LogP contribution is 2.37. The van der Waals surface area contributed by atoms with Crippen LogP contribution < -0.4 is 10.1 Å². The molecule has 1 aliphatic heterocycles. The van der Waals surface area contributed by atoms with Gasteiger partial charge in [0, 0.05) is 17.0 Å². The van der Waals surface area contributed by atoms with Crippen LogP contribution in [0.2, 0.25) is 0 Å². The van der Waals surface area contributed by atoms with Crippen molar-refractivity contribution in [1.82, 2.24) is 4.98 Å². The predicted molar refractivity (Wildman–Crippen MR) is 109 cm³/mol. The summed E-state index contributed by atoms with van der Waals surface area (Å²) in [5.41, 5.74) is 1.91. The second kappa shape index (κ2) is 7.13. The first-order valence-corrected chi connectivity index (χ1v) is 10.8. The van der Waals surface area contributed by atoms with E-state index in [2.05, 4.69) is 16.4 Å². The van der Waals surface area contributed by atoms with Crippen LogP contribution in [0.1, 0.15) is 12.1 Å². The number of hydrogen-bond acceptors (Lipinski definition) is 6. The van der Waals surface area contributed by atoms with E-state index in [0.717, 1.165) is 21.9 Å². The molecule has 0 amide bonds. The lowest BCUT2D eigenvalue weighted by atomic mass is 9.97. The Labute approximate surface area is 163 Å². The van der Waals surface area contributed by atoms with Gasteiger partial charge in [0.1, 0.15) is 17.6 Å². The average molecular weight is 393 g/mol. The minimum atomic E-state index is -3.02. The molecule has 0 bridgehead atoms. The summed E-state index contributed by atoms with van der Waals surface area (Å²) in [6.45, 7) is 0. The Kier molecular flexibility index (Phi) is 4.65. The first-order chi connectivity index (χ1) is 13.5. The Bertz CT molecular complexity index is 1180. The molecule has 28 heavy (non-hydrogen) atoms. The number of pyridine rings is 1. The number of aromatic nitrogens is 1. The molecule has 0 aliphatic carbocycles. The number of methoxy groups -OCH3 is 1. The molecule has 1 saturated heterocycles. The van der Waals surface area contributed by atoms with E-state index in [1.807, 2.05) is 48.5 Å². The predicted octanol–water partition coefficient (Wildman–Crippen LogP) is 3.38. The van der Waals surface area contributed by atoms with Gasteiger partial charge >= 0.3 is 0 Å². The van der Waals surface area contributed by atoms with Gasteiger partial charge in [-0.3, -0.25) is 0 Å². The van der Waals surface area contributed by atoms with Crippen molar-refractivity contribution in [2.75, 3.05) is 23.9 Å². The van der Waals surface area contributed by atoms with E-state index >= 15 is 0 Å². The first-order valence-electron chi connectivity index (χ1n) is 8.95. The summed E-state index contributed by atoms with van der Waals surface area (Å²) in [6, 6.07) is 17.2. The maximum absolute atomic E-state index is 11.8. The molecule has 2 aromatic carbocycles. The number of fused-ring (bicyclic) bond motifs is 1. The molecule has 0 saturated carbocycles. The smallest absolute Gasteiger partial charge is 0.152 e. The van der Waals surface area contributed by atoms with Crippen molar-refractivity contribution in [1.29, 1.82) is 5.26 Å². The summed E-state index contributed by atoms with van der Waals surface area (Å²) in [5.74, 6) is 1.45. The Morgan fingerprint density at radius 3 is 2.61 bits per heavy atom. The Hall–Kier alpha value is -3.11. The molecule has 142 valence electrons. The SMILES string of the molecule is COc1ccc2c(NC3CCS(=O)(=O)C3)nc(C#N)c(-c3ccccc3)c2c1. The van der Waals surface area contributed by atoms with Crippen LogP contribution in [0.25, 0.3) is 21.9 Å². The van der Waals surface area contributed by atoms with Crippen LogP contribution in [0.3, 0.4) is 0 Å². The molecular weight excluding hydrogens is 374 g/mol. The summed E-state index contributed by atoms with van der Waals surface area (Å²) in [7, 11) is -1.43. The van der Waals surface area contributed by atoms with Gasteiger partial charge in [0.05, 0.1) is 18.6 Å². The molecule has 1 aliphatic rings. The summed E-state index contributed by atoms with van der Waals surface area (Å²) in [4.78, 5) is 4.55. The van der Waals surface area contributed by atoms with Gasteiger partial charge in [0.15, 0.2) is 15.5 Å². The maximum Gasteiger partial charge on any atom is 0.152 e. The largest absolute Gasteiger partial charge is 0.497 e. The van der Waals surface area contributed by atoms with Crippen LogP contribution in [0.5, 0.6) is 5.75 Å². The van der Waals surface area contributed by atoms with Gasteiger partial charge in [-0.2, -0.15) is 5.26 Å². The van der Waals surface area contributed by atoms with E-state index in [0.29, 0.717) is 18.0 Å². The van der Waals surface area contributed by atoms with E-state index in [-0.39, 0.29) is 23.2 Å². The first kappa shape index (κ1) is 18.3. The fourth-order valence-electron chi connectivity index (χ4n) is 3.61. The average Bonchev–Trinajstić information content (AvgIpc) is 3.06. The van der Waals surface area contributed by atoms with E-state index in [4.69, 9.17) is 4.74 Å². The van der Waals surface area contributed by atoms with Gasteiger partial charge in [0.2, 0.25) is 0 Å². The highest BCUT2D eigenvalue weighted by Gasteiger charge is 2.29. The number of nitrogens with zero attached hydrogens (tertiary/aromatic N) is 2. The number of anilines is 1. The number of ether oxygens (including phenoxy) is 1. The summed E-state index contributed by atoms with van der Waals surface area (Å²) < 4.78 is 29.0. The second-order valence-corrected chi connectivity index (χ2v) is 9.05. The fraction of sp³-hybridized carbons (Fsp3) is 0.238. The number of nitrogens with one attached hydrogen (secondary N) is 1. The number of nitriles is 1. The Balaban J connectivity index is 1.92. The number of sulfone groups is 1. The number of rotatable bonds is 4. The lowest BCUT2D eigenvalue weighted by molar-refractivity contribution is 0.415. The quantitative estimate of drug-likeness (QED) is 0.731. The van der Waals surface area contributed by atoms with Crippen LogP contribution >= 0.6 is 0 Å². The molecule has 1 aromatic heterocycles. The number of hydrogen-bond donors (Lipinski definition) is 1. The van der Waals surface area contributed by atoms with Gasteiger partial charge in [-0.1, -0.05) is 30.3 Å². The van der Waals surface area contributed by atoms with Crippen LogP contribution in [-0.4, -0.2) is 38.1 Å². The van der Waals surface area contributed by atoms with Gasteiger partial charge < -0.3 is 10.1 Å². The third kappa shape index (κ3) is 3.39. The van der Waals surface area contributed by atoms with Crippen LogP contribution in [0.4, 0.5) is 5.82 Å². The maximum atomic E-state index is 11.8. The molecule has 1 fully saturated rings. The van der Waals surface area contributed by atoms with Crippen molar-refractivity contribution in [3.63, 3.8) is 0 Å². The summed E-state index contributed by atoms with van der Waals surface area (Å²) in [5, 5.41) is 14.7. The van der Waals surface area contributed by atoms with Gasteiger partial charge in [-0.15, -0.1) is 0 Å². The van der Waals surface area contributed by atoms with Crippen molar-refractivity contribution in [2.45, 2.75) is 12.5 Å². The molecule has 1 N–H and O–H groups in total. The van der Waals surface area contributed by atoms with Gasteiger partial charge in [-0.25, -0.2) is 13.4 Å². The molecule has 0 spiro atoms. The number of benzene rings is 2. The summed E-state index contributed by atoms with van der Waals surface area (Å²) >= 11 is 0. The minimum Gasteiger partial charge on any atom is -0.497 e. The van der Waals surface area contributed by atoms with E-state index in [1.165, 1.54) is 0 Å². The van der Waals surface area contributed by atoms with Crippen LogP contribution in [-0.2, 0) is 9.84 Å². The van der Waals surface area contributed by atoms with Gasteiger partial charge in [-0.05, 0) is 35.6 Å². The zero-order chi connectivity index (χ0) is 19.7. The van der Waals surface area contributed by atoms with Crippen molar-refractivity contribution < 1.29 is 13.2 Å². The van der Waals surface area contributed by atoms with Crippen LogP contribution in [0, 0.1) is 11.3 Å². The second-order valence-electron chi connectivity index (χ2n) is 6.82. The third-order valence-corrected chi connectivity index (χ3v) is 6.72. The molecule has 7 heteroatoms. The van der Waals surface area contributed by atoms with E-state index < -0.39 is 9.84 Å². The molecule has 1 atom stereocenters. The fourth-order valence-corrected chi connectivity index (χ4v) is 5.28. The summed E-state index contributed by atoms with van der Waals surface area (Å²) in [6.07, 6.45) is 0.532. The topological polar surface area (TPSA) is 92.1 Å². The van der Waals surface area contributed by atoms with Crippen LogP contribution in [0.15, 0.2) is 48.5 Å². The molecule has 4 rings (SSSR count). The normalized spacial score (nSPS) is 17.9. The molecular formula is C21H19N3O3S. The van der Waals surface area contributed by atoms with E-state index in [1.54, 1.807) is 7.11 Å². The van der Waals surface area contributed by atoms with Crippen molar-refractivity contribution >= 4 is 26.4 Å². The lowest BCUT2D eigenvalue weighted by Gasteiger charge is -2.17. The molecule has 1 unspecified atom stereocenters. The lowest BCUT2D eigenvalue weighted by Crippen LogP contribution is -2.21. The highest BCUT2D eigenvalue weighted by atomic mass is 32.2. The molecule has 3 aromatic rings. The monoisotopic (exact) mass is 393 g/mol. The third-order valence-electron chi connectivity index (χ3n) is 4.95. The minimum absolute atomic E-state index is 0.0780. The van der Waals surface area contributed by atoms with Crippen molar-refractivity contribution in [3.05, 3.63) is 54.2 Å². The van der Waals surface area contributed by atoms with E-state index in [9.17, 15) is 13.7 Å². The standard InChI is InChI=1S/C21H19N3O3S/c1-27-16-7-8-17-18(11-16)20(14-5-3-2-4-6-14)19(12-22)24-21(17)23-15-9-10-28(25,26)13-15/h2-8,11,15H,9-10,13H2,1H3,(H,23,24). The zero-order valence-corrected chi connectivity index (χ0v) is 16.2. The van der Waals surface area contributed by atoms with Crippen molar-refractivity contribution in [2.24, 2.45) is 0 Å². The zero-order valence-electron chi connectivity index (χ0n) is 15.3. The van der Waals surface area contributed by atoms with Gasteiger partial charge in [0.25, 0.3) is 0 Å². The molecule has 2 heterocycles. The molecule has 0 radical (unpaired) electrons. The highest BCUT2D eigenvalue weighted by molar-refractivity contribution is 7.91. The molecule has 6 nitrogen and oxygen atoms in total. The Morgan fingerprint density at radius 2 is 1.96 bits per heavy atom.